The number of ether oxygens (including phenoxy) is 1. The van der Waals surface area contributed by atoms with Crippen molar-refractivity contribution in [2.24, 2.45) is 0 Å². The summed E-state index contributed by atoms with van der Waals surface area (Å²) in [6.07, 6.45) is -14.0. The van der Waals surface area contributed by atoms with Crippen LogP contribution in [0.5, 0.6) is 0 Å². The number of piperidine rings is 1. The molecular weight excluding hydrogens is 710 g/mol. The molecular formula is C41H40F5N3O3S. The molecule has 6 nitrogen and oxygen atoms in total. The number of hydrogen-bond donors (Lipinski definition) is 0. The molecule has 0 atom stereocenters. The summed E-state index contributed by atoms with van der Waals surface area (Å²) in [6.45, 7) is -21.9. The number of methoxy groups -OCH3 is 1. The number of carbonyl (C=O) groups excluding carboxylic acids is 1. The van der Waals surface area contributed by atoms with Crippen LogP contribution in [0.1, 0.15) is 63.8 Å². The second-order valence-electron chi connectivity index (χ2n) is 11.0. The van der Waals surface area contributed by atoms with Crippen molar-refractivity contribution in [2.45, 2.75) is 55.6 Å². The van der Waals surface area contributed by atoms with Crippen LogP contribution in [0, 0.1) is 18.6 Å². The van der Waals surface area contributed by atoms with Crippen LogP contribution in [0.25, 0.3) is 22.0 Å². The third-order valence-corrected chi connectivity index (χ3v) is 8.20. The summed E-state index contributed by atoms with van der Waals surface area (Å²) in [7, 11) is 0.545. The van der Waals surface area contributed by atoms with Crippen LogP contribution < -0.4 is 5.43 Å². The standard InChI is InChI=1S/C41H40F5N3O3S/c1-27-6-15-36-34(22-27)37(50)23-39(53-26-31-4-3-5-35(42)40(31)43)49(36)25-38(51)48(33-16-18-47(19-17-33)20-21-52-2)24-28-7-9-29(10-8-28)30-11-13-32(14-12-30)41(44,45)46/h3-15,22-23,33H,16-21,24-26H2,1-2H3/i6D,15D,16D2,17D2,18D2,19D2,20D2,21D2,22D,23D,25D2,26D2,33D. The molecule has 53 heavy (non-hydrogen) atoms. The van der Waals surface area contributed by atoms with E-state index >= 15 is 9.18 Å². The highest BCUT2D eigenvalue weighted by molar-refractivity contribution is 7.98. The number of fused-ring (bicyclic) bond motifs is 1. The van der Waals surface area contributed by atoms with Crippen molar-refractivity contribution >= 4 is 28.6 Å². The number of thioether (sulfide) groups is 1. The van der Waals surface area contributed by atoms with E-state index in [2.05, 4.69) is 4.74 Å². The van der Waals surface area contributed by atoms with Crippen molar-refractivity contribution in [3.63, 3.8) is 0 Å². The summed E-state index contributed by atoms with van der Waals surface area (Å²) in [6, 6.07) is 0.909. The van der Waals surface area contributed by atoms with Crippen molar-refractivity contribution in [1.82, 2.24) is 14.4 Å². The molecule has 1 aliphatic heterocycles. The summed E-state index contributed by atoms with van der Waals surface area (Å²) in [5.74, 6) is -5.94. The highest BCUT2D eigenvalue weighted by Gasteiger charge is 2.31. The number of halogens is 5. The molecule has 2 heterocycles. The Hall–Kier alpha value is -4.52. The Balaban J connectivity index is 1.71. The van der Waals surface area contributed by atoms with Gasteiger partial charge in [0.2, 0.25) is 5.91 Å². The zero-order valence-electron chi connectivity index (χ0n) is 48.4. The zero-order chi connectivity index (χ0) is 56.4. The van der Waals surface area contributed by atoms with Gasteiger partial charge in [-0.2, -0.15) is 13.2 Å². The lowest BCUT2D eigenvalue weighted by atomic mass is 10.00. The molecule has 1 fully saturated rings. The van der Waals surface area contributed by atoms with Crippen LogP contribution in [0.3, 0.4) is 0 Å². The van der Waals surface area contributed by atoms with Gasteiger partial charge in [-0.3, -0.25) is 9.59 Å². The van der Waals surface area contributed by atoms with E-state index in [0.717, 1.165) is 49.4 Å². The van der Waals surface area contributed by atoms with Gasteiger partial charge < -0.3 is 19.1 Å². The molecule has 4 aromatic carbocycles. The molecule has 0 radical (unpaired) electrons. The Morgan fingerprint density at radius 1 is 1.04 bits per heavy atom. The predicted octanol–water partition coefficient (Wildman–Crippen LogP) is 8.71. The molecule has 6 rings (SSSR count). The van der Waals surface area contributed by atoms with Gasteiger partial charge in [0.05, 0.1) is 35.0 Å². The average Bonchev–Trinajstić information content (AvgIpc) is 3.29. The first-order valence-corrected chi connectivity index (χ1v) is 16.0. The maximum Gasteiger partial charge on any atom is 0.416 e. The van der Waals surface area contributed by atoms with E-state index in [1.165, 1.54) is 12.1 Å². The third kappa shape index (κ3) is 9.17. The number of pyridine rings is 1. The van der Waals surface area contributed by atoms with Crippen LogP contribution >= 0.6 is 11.8 Å². The smallest absolute Gasteiger partial charge is 0.383 e. The van der Waals surface area contributed by atoms with Gasteiger partial charge in [-0.05, 0) is 66.6 Å². The van der Waals surface area contributed by atoms with Gasteiger partial charge >= 0.3 is 6.18 Å². The van der Waals surface area contributed by atoms with Gasteiger partial charge in [-0.25, -0.2) is 8.78 Å². The lowest BCUT2D eigenvalue weighted by molar-refractivity contribution is -0.137. The number of amides is 1. The van der Waals surface area contributed by atoms with E-state index < -0.39 is 177 Å². The molecule has 1 saturated heterocycles. The Labute approximate surface area is 338 Å². The first-order chi connectivity index (χ1) is 33.5. The normalized spacial score (nSPS) is 25.5. The Bertz CT molecular complexity index is 3100. The number of likely N-dealkylation sites (tertiary alicyclic amines) is 1. The molecule has 0 spiro atoms. The van der Waals surface area contributed by atoms with Crippen LogP contribution in [0.2, 0.25) is 0 Å². The van der Waals surface area contributed by atoms with Crippen molar-refractivity contribution in [3.05, 3.63) is 135 Å². The Morgan fingerprint density at radius 3 is 2.38 bits per heavy atom. The maximum atomic E-state index is 15.7. The number of hydrogen-bond acceptors (Lipinski definition) is 5. The SMILES string of the molecule is [2H]c1c(C)c([2H])c2c(=O)c([2H])c(SC([2H])([2H])c3cccc(F)c3F)n(C([2H])([2H])C(=O)N(Cc3ccc(-c4ccc(C(F)(F)F)cc4)cc3)C3([2H])C([2H])([2H])C([2H])([2H])N(C([2H])([2H])C([2H])([2H])OC)C([2H])([2H])C3([2H])[2H])c2c1[2H]. The summed E-state index contributed by atoms with van der Waals surface area (Å²) in [5, 5.41) is -2.48. The van der Waals surface area contributed by atoms with E-state index in [-0.39, 0.29) is 15.7 Å². The maximum absolute atomic E-state index is 15.7. The molecule has 1 aromatic heterocycles. The average molecular weight is 771 g/mol. The molecule has 0 N–H and O–H groups in total. The first-order valence-electron chi connectivity index (χ1n) is 25.7. The molecule has 0 saturated carbocycles. The fourth-order valence-electron chi connectivity index (χ4n) is 4.81. The first kappa shape index (κ1) is 19.7. The van der Waals surface area contributed by atoms with Crippen LogP contribution in [0.4, 0.5) is 22.0 Å². The number of benzene rings is 4. The van der Waals surface area contributed by atoms with Crippen LogP contribution in [-0.4, -0.2) is 59.5 Å². The predicted molar refractivity (Wildman–Crippen MR) is 198 cm³/mol. The van der Waals surface area contributed by atoms with Crippen molar-refractivity contribution < 1.29 is 60.3 Å². The minimum absolute atomic E-state index is 0.134. The number of rotatable bonds is 12. The van der Waals surface area contributed by atoms with Crippen molar-refractivity contribution in [2.75, 3.05) is 33.2 Å². The summed E-state index contributed by atoms with van der Waals surface area (Å²) < 4.78 is 262. The topological polar surface area (TPSA) is 54.8 Å². The van der Waals surface area contributed by atoms with Crippen LogP contribution in [0.15, 0.2) is 101 Å². The molecule has 0 bridgehead atoms. The minimum atomic E-state index is -4.73. The van der Waals surface area contributed by atoms with E-state index in [1.807, 2.05) is 0 Å². The molecule has 1 aliphatic rings. The lowest BCUT2D eigenvalue weighted by Crippen LogP contribution is -2.48. The van der Waals surface area contributed by atoms with Crippen molar-refractivity contribution in [3.8, 4) is 11.1 Å². The molecule has 5 aromatic rings. The highest BCUT2D eigenvalue weighted by Crippen LogP contribution is 2.32. The lowest BCUT2D eigenvalue weighted by Gasteiger charge is -2.39. The monoisotopic (exact) mass is 770 g/mol. The van der Waals surface area contributed by atoms with Gasteiger partial charge in [0.25, 0.3) is 0 Å². The Morgan fingerprint density at radius 2 is 1.72 bits per heavy atom. The van der Waals surface area contributed by atoms with Gasteiger partial charge in [0.15, 0.2) is 17.1 Å². The summed E-state index contributed by atoms with van der Waals surface area (Å²) in [5.41, 5.74) is -8.97. The second kappa shape index (κ2) is 16.7. The number of alkyl halides is 3. The van der Waals surface area contributed by atoms with Gasteiger partial charge in [-0.15, -0.1) is 11.8 Å². The molecule has 0 aliphatic carbocycles. The summed E-state index contributed by atoms with van der Waals surface area (Å²) in [4.78, 5) is 28.5. The zero-order valence-corrected chi connectivity index (χ0v) is 28.2. The summed E-state index contributed by atoms with van der Waals surface area (Å²) >= 11 is -0.456. The van der Waals surface area contributed by atoms with E-state index in [1.54, 1.807) is 0 Å². The molecule has 0 unspecified atom stereocenters. The molecule has 12 heteroatoms. The highest BCUT2D eigenvalue weighted by atomic mass is 32.2. The largest absolute Gasteiger partial charge is 0.416 e. The van der Waals surface area contributed by atoms with Gasteiger partial charge in [0.1, 0.15) is 6.50 Å². The van der Waals surface area contributed by atoms with E-state index in [9.17, 15) is 32.0 Å². The van der Waals surface area contributed by atoms with Gasteiger partial charge in [0, 0.05) is 78.3 Å². The molecule has 278 valence electrons. The fourth-order valence-corrected chi connectivity index (χ4v) is 5.55. The van der Waals surface area contributed by atoms with E-state index in [4.69, 9.17) is 19.2 Å². The van der Waals surface area contributed by atoms with E-state index in [0.29, 0.717) is 19.2 Å². The fraction of sp³-hybridized carbons (Fsp3) is 0.317. The quantitative estimate of drug-likeness (QED) is 0.0940. The second-order valence-corrected chi connectivity index (χ2v) is 11.8. The van der Waals surface area contributed by atoms with Crippen LogP contribution in [-0.2, 0) is 34.5 Å². The number of carbonyl (C=O) groups is 1. The number of aromatic nitrogens is 1. The number of nitrogens with zero attached hydrogens (tertiary/aromatic N) is 3. The molecule has 1 amide bonds. The minimum Gasteiger partial charge on any atom is -0.383 e. The van der Waals surface area contributed by atoms with Gasteiger partial charge in [-0.1, -0.05) is 60.1 Å². The third-order valence-electron chi connectivity index (χ3n) is 7.40. The Kier molecular flexibility index (Phi) is 6.19. The van der Waals surface area contributed by atoms with Crippen molar-refractivity contribution in [1.29, 1.82) is 0 Å².